The van der Waals surface area contributed by atoms with E-state index >= 15 is 0 Å². The molecule has 1 aliphatic rings. The van der Waals surface area contributed by atoms with Gasteiger partial charge < -0.3 is 4.90 Å². The van der Waals surface area contributed by atoms with E-state index in [0.717, 1.165) is 31.0 Å². The number of nitrogens with zero attached hydrogens (tertiary/aromatic N) is 2. The van der Waals surface area contributed by atoms with Crippen molar-refractivity contribution in [1.29, 1.82) is 0 Å². The molecule has 0 bridgehead atoms. The van der Waals surface area contributed by atoms with Gasteiger partial charge >= 0.3 is 0 Å². The van der Waals surface area contributed by atoms with E-state index in [-0.39, 0.29) is 11.9 Å². The molecule has 98 valence electrons. The van der Waals surface area contributed by atoms with Gasteiger partial charge in [-0.1, -0.05) is 23.7 Å². The molecule has 1 aromatic rings. The number of benzene rings is 1. The first-order valence-corrected chi connectivity index (χ1v) is 6.65. The molecule has 4 heteroatoms. The number of hydrogen-bond acceptors (Lipinski definition) is 2. The van der Waals surface area contributed by atoms with Crippen molar-refractivity contribution < 1.29 is 4.79 Å². The molecule has 1 aromatic carbocycles. The van der Waals surface area contributed by atoms with Crippen molar-refractivity contribution in [3.8, 4) is 0 Å². The van der Waals surface area contributed by atoms with Gasteiger partial charge in [-0.3, -0.25) is 9.69 Å². The summed E-state index contributed by atoms with van der Waals surface area (Å²) in [6.07, 6.45) is 2.04. The minimum Gasteiger partial charge on any atom is -0.347 e. The molecule has 0 unspecified atom stereocenters. The zero-order valence-corrected chi connectivity index (χ0v) is 11.7. The Labute approximate surface area is 113 Å². The summed E-state index contributed by atoms with van der Waals surface area (Å²) in [5, 5.41) is 0.752. The van der Waals surface area contributed by atoms with Crippen LogP contribution < -0.4 is 0 Å². The summed E-state index contributed by atoms with van der Waals surface area (Å²) >= 11 is 5.99. The van der Waals surface area contributed by atoms with Crippen molar-refractivity contribution >= 4 is 17.5 Å². The van der Waals surface area contributed by atoms with E-state index in [1.807, 2.05) is 32.3 Å². The summed E-state index contributed by atoms with van der Waals surface area (Å²) in [5.74, 6) is 0.203. The second-order valence-corrected chi connectivity index (χ2v) is 5.43. The lowest BCUT2D eigenvalue weighted by atomic mass is 10.1. The number of hydrogen-bond donors (Lipinski definition) is 0. The second kappa shape index (κ2) is 5.72. The van der Waals surface area contributed by atoms with Crippen LogP contribution in [0, 0.1) is 0 Å². The van der Waals surface area contributed by atoms with Crippen molar-refractivity contribution in [2.24, 2.45) is 0 Å². The first kappa shape index (κ1) is 13.4. The fourth-order valence-electron chi connectivity index (χ4n) is 2.46. The maximum Gasteiger partial charge on any atom is 0.239 e. The van der Waals surface area contributed by atoms with E-state index in [1.165, 1.54) is 5.56 Å². The highest BCUT2D eigenvalue weighted by Crippen LogP contribution is 2.22. The van der Waals surface area contributed by atoms with E-state index in [4.69, 9.17) is 11.6 Å². The molecule has 1 fully saturated rings. The molecule has 0 radical (unpaired) electrons. The van der Waals surface area contributed by atoms with E-state index < -0.39 is 0 Å². The molecule has 1 aliphatic heterocycles. The van der Waals surface area contributed by atoms with Crippen molar-refractivity contribution in [3.63, 3.8) is 0 Å². The summed E-state index contributed by atoms with van der Waals surface area (Å²) in [7, 11) is 3.64. The van der Waals surface area contributed by atoms with Gasteiger partial charge in [0.25, 0.3) is 0 Å². The zero-order chi connectivity index (χ0) is 13.1. The van der Waals surface area contributed by atoms with E-state index in [0.29, 0.717) is 0 Å². The molecule has 0 spiro atoms. The van der Waals surface area contributed by atoms with Crippen LogP contribution in [0.3, 0.4) is 0 Å². The summed E-state index contributed by atoms with van der Waals surface area (Å²) in [6.45, 7) is 1.78. The van der Waals surface area contributed by atoms with Gasteiger partial charge in [-0.2, -0.15) is 0 Å². The summed E-state index contributed by atoms with van der Waals surface area (Å²) in [5.41, 5.74) is 1.17. The van der Waals surface area contributed by atoms with Crippen LogP contribution in [0.5, 0.6) is 0 Å². The molecular weight excluding hydrogens is 248 g/mol. The van der Waals surface area contributed by atoms with Crippen molar-refractivity contribution in [1.82, 2.24) is 9.80 Å². The van der Waals surface area contributed by atoms with Crippen LogP contribution in [0.25, 0.3) is 0 Å². The quantitative estimate of drug-likeness (QED) is 0.839. The molecular formula is C14H19ClN2O. The first-order chi connectivity index (χ1) is 8.58. The average Bonchev–Trinajstić information content (AvgIpc) is 2.76. The Kier molecular flexibility index (Phi) is 4.25. The van der Waals surface area contributed by atoms with E-state index in [2.05, 4.69) is 11.0 Å². The number of amides is 1. The van der Waals surface area contributed by atoms with Gasteiger partial charge in [0.1, 0.15) is 0 Å². The number of halogens is 1. The van der Waals surface area contributed by atoms with Crippen LogP contribution in [0.1, 0.15) is 18.4 Å². The highest BCUT2D eigenvalue weighted by Gasteiger charge is 2.31. The lowest BCUT2D eigenvalue weighted by Crippen LogP contribution is -2.42. The fraction of sp³-hybridized carbons (Fsp3) is 0.500. The van der Waals surface area contributed by atoms with Crippen molar-refractivity contribution in [2.75, 3.05) is 20.6 Å². The molecule has 0 saturated carbocycles. The maximum atomic E-state index is 12.1. The monoisotopic (exact) mass is 266 g/mol. The summed E-state index contributed by atoms with van der Waals surface area (Å²) < 4.78 is 0. The molecule has 1 saturated heterocycles. The zero-order valence-electron chi connectivity index (χ0n) is 10.9. The Balaban J connectivity index is 2.06. The van der Waals surface area contributed by atoms with Crippen molar-refractivity contribution in [2.45, 2.75) is 25.4 Å². The van der Waals surface area contributed by atoms with Crippen LogP contribution in [0.4, 0.5) is 0 Å². The standard InChI is InChI=1S/C14H19ClN2O/c1-16(2)14(18)13-7-4-8-17(13)10-11-5-3-6-12(15)9-11/h3,5-6,9,13H,4,7-8,10H2,1-2H3/t13-/m0/s1. The second-order valence-electron chi connectivity index (χ2n) is 4.99. The molecule has 1 atom stereocenters. The van der Waals surface area contributed by atoms with E-state index in [9.17, 15) is 4.79 Å². The molecule has 0 aromatic heterocycles. The van der Waals surface area contributed by atoms with Crippen LogP contribution in [0.15, 0.2) is 24.3 Å². The highest BCUT2D eigenvalue weighted by molar-refractivity contribution is 6.30. The Bertz CT molecular complexity index is 434. The van der Waals surface area contributed by atoms with Gasteiger partial charge in [0, 0.05) is 25.7 Å². The van der Waals surface area contributed by atoms with Gasteiger partial charge in [0.2, 0.25) is 5.91 Å². The minimum atomic E-state index is 0.0268. The van der Waals surface area contributed by atoms with Crippen LogP contribution in [-0.2, 0) is 11.3 Å². The van der Waals surface area contributed by atoms with Crippen LogP contribution >= 0.6 is 11.6 Å². The number of rotatable bonds is 3. The summed E-state index contributed by atoms with van der Waals surface area (Å²) in [4.78, 5) is 16.0. The van der Waals surface area contributed by atoms with Gasteiger partial charge in [0.15, 0.2) is 0 Å². The average molecular weight is 267 g/mol. The highest BCUT2D eigenvalue weighted by atomic mass is 35.5. The third kappa shape index (κ3) is 3.03. The van der Waals surface area contributed by atoms with Gasteiger partial charge in [-0.05, 0) is 37.1 Å². The smallest absolute Gasteiger partial charge is 0.239 e. The minimum absolute atomic E-state index is 0.0268. The number of likely N-dealkylation sites (N-methyl/N-ethyl adjacent to an activating group) is 1. The van der Waals surface area contributed by atoms with Crippen LogP contribution in [-0.4, -0.2) is 42.4 Å². The Morgan fingerprint density at radius 2 is 2.28 bits per heavy atom. The van der Waals surface area contributed by atoms with Gasteiger partial charge in [-0.15, -0.1) is 0 Å². The molecule has 2 rings (SSSR count). The molecule has 1 heterocycles. The molecule has 18 heavy (non-hydrogen) atoms. The number of likely N-dealkylation sites (tertiary alicyclic amines) is 1. The number of carbonyl (C=O) groups is 1. The van der Waals surface area contributed by atoms with E-state index in [1.54, 1.807) is 4.90 Å². The van der Waals surface area contributed by atoms with Gasteiger partial charge in [-0.25, -0.2) is 0 Å². The molecule has 3 nitrogen and oxygen atoms in total. The normalized spacial score (nSPS) is 20.1. The van der Waals surface area contributed by atoms with Crippen molar-refractivity contribution in [3.05, 3.63) is 34.9 Å². The molecule has 0 aliphatic carbocycles. The SMILES string of the molecule is CN(C)C(=O)[C@@H]1CCCN1Cc1cccc(Cl)c1. The third-order valence-corrected chi connectivity index (χ3v) is 3.60. The topological polar surface area (TPSA) is 23.6 Å². The predicted molar refractivity (Wildman–Crippen MR) is 73.6 cm³/mol. The Hall–Kier alpha value is -1.06. The van der Waals surface area contributed by atoms with Gasteiger partial charge in [0.05, 0.1) is 6.04 Å². The largest absolute Gasteiger partial charge is 0.347 e. The third-order valence-electron chi connectivity index (χ3n) is 3.36. The Morgan fingerprint density at radius 3 is 2.94 bits per heavy atom. The van der Waals surface area contributed by atoms with Crippen LogP contribution in [0.2, 0.25) is 5.02 Å². The Morgan fingerprint density at radius 1 is 1.50 bits per heavy atom. The fourth-order valence-corrected chi connectivity index (χ4v) is 2.68. The first-order valence-electron chi connectivity index (χ1n) is 6.27. The number of carbonyl (C=O) groups excluding carboxylic acids is 1. The maximum absolute atomic E-state index is 12.1. The lowest BCUT2D eigenvalue weighted by molar-refractivity contribution is -0.133. The molecule has 1 amide bonds. The summed E-state index contributed by atoms with van der Waals surface area (Å²) in [6, 6.07) is 7.88. The molecule has 0 N–H and O–H groups in total. The lowest BCUT2D eigenvalue weighted by Gasteiger charge is -2.26. The predicted octanol–water partition coefficient (Wildman–Crippen LogP) is 2.39.